The molecule has 0 radical (unpaired) electrons. The molecule has 5 fully saturated rings. The molecule has 0 aromatic rings. The molecular weight excluding hydrogens is 404 g/mol. The summed E-state index contributed by atoms with van der Waals surface area (Å²) in [5, 5.41) is 0. The fourth-order valence-electron chi connectivity index (χ4n) is 11.8. The Morgan fingerprint density at radius 1 is 0.758 bits per heavy atom. The predicted molar refractivity (Wildman–Crippen MR) is 137 cm³/mol. The summed E-state index contributed by atoms with van der Waals surface area (Å²) in [5.41, 5.74) is 3.08. The lowest BCUT2D eigenvalue weighted by Crippen LogP contribution is -2.67. The van der Waals surface area contributed by atoms with E-state index in [2.05, 4.69) is 48.1 Å². The van der Waals surface area contributed by atoms with E-state index in [1.54, 1.807) is 0 Å². The highest BCUT2D eigenvalue weighted by Crippen LogP contribution is 2.76. The van der Waals surface area contributed by atoms with Crippen molar-refractivity contribution in [3.05, 3.63) is 12.2 Å². The Kier molecular flexibility index (Phi) is 5.60. The standard InChI is InChI=1S/C31H52O2/c1-20(2)21-12-17-31(33-9)19-18-29(6)22(26(21)31)10-11-24-28(5)15-14-25(32-8)27(3,4)23(28)13-16-30(24,29)7/h21-26H,1,10-19H2,2-9H3/t21-,22+,23-,24?,25-,26+,28-,29+,30+,31-/m0/s1. The molecule has 1 unspecified atom stereocenters. The molecule has 0 aromatic heterocycles. The number of hydrogen-bond acceptors (Lipinski definition) is 2. The molecule has 10 atom stereocenters. The lowest BCUT2D eigenvalue weighted by molar-refractivity contribution is -0.258. The molecule has 5 rings (SSSR count). The SMILES string of the molecule is C=C(C)[C@@H]1CC[C@]2(OC)CC[C@]3(C)[C@H](CCC4[C@@]5(C)CC[C@H](OC)C(C)(C)[C@@H]5CC[C@]43C)[C@@H]12. The predicted octanol–water partition coefficient (Wildman–Crippen LogP) is 8.06. The Bertz CT molecular complexity index is 801. The van der Waals surface area contributed by atoms with Crippen LogP contribution >= 0.6 is 0 Å². The van der Waals surface area contributed by atoms with Gasteiger partial charge in [0, 0.05) is 14.2 Å². The van der Waals surface area contributed by atoms with Crippen molar-refractivity contribution in [2.45, 2.75) is 117 Å². The highest BCUT2D eigenvalue weighted by Gasteiger charge is 2.71. The van der Waals surface area contributed by atoms with Gasteiger partial charge >= 0.3 is 0 Å². The van der Waals surface area contributed by atoms with E-state index in [-0.39, 0.29) is 11.0 Å². The van der Waals surface area contributed by atoms with Crippen molar-refractivity contribution < 1.29 is 9.47 Å². The number of ether oxygens (including phenoxy) is 2. The molecule has 5 aliphatic carbocycles. The van der Waals surface area contributed by atoms with Crippen molar-refractivity contribution in [3.63, 3.8) is 0 Å². The van der Waals surface area contributed by atoms with Gasteiger partial charge in [-0.15, -0.1) is 0 Å². The second-order valence-electron chi connectivity index (χ2n) is 14.5. The summed E-state index contributed by atoms with van der Waals surface area (Å²) < 4.78 is 12.5. The average molecular weight is 457 g/mol. The summed E-state index contributed by atoms with van der Waals surface area (Å²) in [7, 11) is 3.95. The van der Waals surface area contributed by atoms with Crippen LogP contribution in [0.2, 0.25) is 0 Å². The molecule has 0 N–H and O–H groups in total. The van der Waals surface area contributed by atoms with Crippen molar-refractivity contribution in [3.8, 4) is 0 Å². The minimum absolute atomic E-state index is 0.108. The van der Waals surface area contributed by atoms with Gasteiger partial charge in [0.1, 0.15) is 0 Å². The number of allylic oxidation sites excluding steroid dienone is 1. The molecule has 5 saturated carbocycles. The molecule has 0 aromatic carbocycles. The monoisotopic (exact) mass is 456 g/mol. The van der Waals surface area contributed by atoms with Gasteiger partial charge in [-0.2, -0.15) is 0 Å². The third-order valence-corrected chi connectivity index (χ3v) is 13.6. The summed E-state index contributed by atoms with van der Waals surface area (Å²) in [6.07, 6.45) is 13.7. The number of fused-ring (bicyclic) bond motifs is 7. The minimum Gasteiger partial charge on any atom is -0.381 e. The Balaban J connectivity index is 1.54. The third kappa shape index (κ3) is 2.92. The first-order valence-electron chi connectivity index (χ1n) is 14.1. The summed E-state index contributed by atoms with van der Waals surface area (Å²) in [5.74, 6) is 3.71. The maximum atomic E-state index is 6.45. The van der Waals surface area contributed by atoms with Crippen LogP contribution in [0.4, 0.5) is 0 Å². The second-order valence-corrected chi connectivity index (χ2v) is 14.5. The molecule has 0 aliphatic heterocycles. The molecule has 0 amide bonds. The van der Waals surface area contributed by atoms with E-state index in [0.717, 1.165) is 17.8 Å². The van der Waals surface area contributed by atoms with Crippen LogP contribution in [0.1, 0.15) is 106 Å². The van der Waals surface area contributed by atoms with Crippen LogP contribution in [0.25, 0.3) is 0 Å². The molecule has 188 valence electrons. The van der Waals surface area contributed by atoms with Crippen molar-refractivity contribution in [1.29, 1.82) is 0 Å². The van der Waals surface area contributed by atoms with Crippen molar-refractivity contribution >= 4 is 0 Å². The van der Waals surface area contributed by atoms with Gasteiger partial charge in [0.05, 0.1) is 11.7 Å². The van der Waals surface area contributed by atoms with Gasteiger partial charge in [0.2, 0.25) is 0 Å². The highest BCUT2D eigenvalue weighted by atomic mass is 16.5. The van der Waals surface area contributed by atoms with E-state index in [9.17, 15) is 0 Å². The fourth-order valence-corrected chi connectivity index (χ4v) is 11.8. The van der Waals surface area contributed by atoms with Crippen LogP contribution in [-0.4, -0.2) is 25.9 Å². The van der Waals surface area contributed by atoms with E-state index in [4.69, 9.17) is 9.47 Å². The van der Waals surface area contributed by atoms with E-state index < -0.39 is 0 Å². The lowest BCUT2D eigenvalue weighted by atomic mass is 9.33. The van der Waals surface area contributed by atoms with Crippen molar-refractivity contribution in [2.24, 2.45) is 51.2 Å². The van der Waals surface area contributed by atoms with Gasteiger partial charge in [-0.3, -0.25) is 0 Å². The molecule has 33 heavy (non-hydrogen) atoms. The molecule has 0 bridgehead atoms. The van der Waals surface area contributed by atoms with E-state index in [1.165, 1.54) is 69.8 Å². The fraction of sp³-hybridized carbons (Fsp3) is 0.935. The van der Waals surface area contributed by atoms with Crippen LogP contribution in [0, 0.1) is 51.2 Å². The van der Waals surface area contributed by atoms with Gasteiger partial charge in [0.25, 0.3) is 0 Å². The van der Waals surface area contributed by atoms with Crippen LogP contribution in [0.15, 0.2) is 12.2 Å². The summed E-state index contributed by atoms with van der Waals surface area (Å²) in [6.45, 7) is 20.0. The molecular formula is C31H52O2. The highest BCUT2D eigenvalue weighted by molar-refractivity contribution is 5.22. The zero-order chi connectivity index (χ0) is 24.0. The summed E-state index contributed by atoms with van der Waals surface area (Å²) in [6, 6.07) is 0. The molecule has 2 heteroatoms. The average Bonchev–Trinajstić information content (AvgIpc) is 3.14. The van der Waals surface area contributed by atoms with Gasteiger partial charge < -0.3 is 9.47 Å². The molecule has 5 aliphatic rings. The molecule has 2 nitrogen and oxygen atoms in total. The molecule has 0 heterocycles. The first-order valence-corrected chi connectivity index (χ1v) is 14.1. The van der Waals surface area contributed by atoms with Crippen LogP contribution < -0.4 is 0 Å². The summed E-state index contributed by atoms with van der Waals surface area (Å²) >= 11 is 0. The third-order valence-electron chi connectivity index (χ3n) is 13.6. The van der Waals surface area contributed by atoms with Gasteiger partial charge in [-0.25, -0.2) is 0 Å². The maximum absolute atomic E-state index is 6.45. The number of hydrogen-bond donors (Lipinski definition) is 0. The molecule has 0 spiro atoms. The Hall–Kier alpha value is -0.340. The first kappa shape index (κ1) is 24.4. The Labute approximate surface area is 204 Å². The zero-order valence-electron chi connectivity index (χ0n) is 23.1. The van der Waals surface area contributed by atoms with Gasteiger partial charge in [-0.1, -0.05) is 46.8 Å². The number of rotatable bonds is 3. The topological polar surface area (TPSA) is 18.5 Å². The number of methoxy groups -OCH3 is 2. The smallest absolute Gasteiger partial charge is 0.0715 e. The molecule has 0 saturated heterocycles. The second kappa shape index (κ2) is 7.58. The van der Waals surface area contributed by atoms with Gasteiger partial charge in [0.15, 0.2) is 0 Å². The van der Waals surface area contributed by atoms with Crippen LogP contribution in [-0.2, 0) is 9.47 Å². The van der Waals surface area contributed by atoms with Gasteiger partial charge in [-0.05, 0) is 122 Å². The van der Waals surface area contributed by atoms with E-state index >= 15 is 0 Å². The van der Waals surface area contributed by atoms with E-state index in [0.29, 0.717) is 34.2 Å². The summed E-state index contributed by atoms with van der Waals surface area (Å²) in [4.78, 5) is 0. The Morgan fingerprint density at radius 3 is 2.12 bits per heavy atom. The minimum atomic E-state index is 0.108. The maximum Gasteiger partial charge on any atom is 0.0715 e. The van der Waals surface area contributed by atoms with E-state index in [1.807, 2.05) is 14.2 Å². The first-order chi connectivity index (χ1) is 15.4. The lowest BCUT2D eigenvalue weighted by Gasteiger charge is -2.73. The quantitative estimate of drug-likeness (QED) is 0.400. The van der Waals surface area contributed by atoms with Crippen LogP contribution in [0.3, 0.4) is 0 Å². The Morgan fingerprint density at radius 2 is 1.48 bits per heavy atom. The normalized spacial score (nSPS) is 55.2. The van der Waals surface area contributed by atoms with Crippen LogP contribution in [0.5, 0.6) is 0 Å². The zero-order valence-corrected chi connectivity index (χ0v) is 23.1. The largest absolute Gasteiger partial charge is 0.381 e. The van der Waals surface area contributed by atoms with Crippen molar-refractivity contribution in [2.75, 3.05) is 14.2 Å². The van der Waals surface area contributed by atoms with Crippen molar-refractivity contribution in [1.82, 2.24) is 0 Å².